The van der Waals surface area contributed by atoms with E-state index in [0.29, 0.717) is 5.75 Å². The summed E-state index contributed by atoms with van der Waals surface area (Å²) in [4.78, 5) is 0. The Labute approximate surface area is 89.3 Å². The Morgan fingerprint density at radius 3 is 2.67 bits per heavy atom. The van der Waals surface area contributed by atoms with Crippen molar-refractivity contribution in [3.8, 4) is 11.8 Å². The van der Waals surface area contributed by atoms with Gasteiger partial charge in [0.1, 0.15) is 18.0 Å². The smallest absolute Gasteiger partial charge is 0.139 e. The topological polar surface area (TPSA) is 33.0 Å². The summed E-state index contributed by atoms with van der Waals surface area (Å²) in [6.45, 7) is 2.91. The lowest BCUT2D eigenvalue weighted by Crippen LogP contribution is -2.22. The van der Waals surface area contributed by atoms with Gasteiger partial charge in [0.2, 0.25) is 0 Å². The van der Waals surface area contributed by atoms with E-state index in [1.807, 2.05) is 18.2 Å². The number of rotatable bonds is 4. The van der Waals surface area contributed by atoms with Crippen LogP contribution in [-0.2, 0) is 6.42 Å². The van der Waals surface area contributed by atoms with Gasteiger partial charge in [-0.2, -0.15) is 5.26 Å². The van der Waals surface area contributed by atoms with Crippen molar-refractivity contribution in [3.63, 3.8) is 0 Å². The van der Waals surface area contributed by atoms with E-state index >= 15 is 0 Å². The van der Waals surface area contributed by atoms with Gasteiger partial charge in [-0.25, -0.2) is 4.39 Å². The maximum absolute atomic E-state index is 13.2. The standard InChI is InChI=1S/C12H14FNO/c1-12(2,13)9-15-11-6-4-3-5-10(11)7-8-14/h3-6H,7,9H2,1-2H3. The van der Waals surface area contributed by atoms with Gasteiger partial charge in [0.05, 0.1) is 12.5 Å². The van der Waals surface area contributed by atoms with E-state index in [2.05, 4.69) is 0 Å². The van der Waals surface area contributed by atoms with Crippen LogP contribution in [0.2, 0.25) is 0 Å². The molecule has 0 saturated heterocycles. The molecule has 80 valence electrons. The highest BCUT2D eigenvalue weighted by Gasteiger charge is 2.17. The summed E-state index contributed by atoms with van der Waals surface area (Å²) in [5, 5.41) is 8.59. The fraction of sp³-hybridized carbons (Fsp3) is 0.417. The summed E-state index contributed by atoms with van der Waals surface area (Å²) in [6.07, 6.45) is 0.281. The molecule has 0 aromatic heterocycles. The van der Waals surface area contributed by atoms with E-state index in [-0.39, 0.29) is 13.0 Å². The first-order valence-corrected chi connectivity index (χ1v) is 4.79. The lowest BCUT2D eigenvalue weighted by Gasteiger charge is -2.16. The van der Waals surface area contributed by atoms with Gasteiger partial charge in [0.25, 0.3) is 0 Å². The zero-order valence-electron chi connectivity index (χ0n) is 8.96. The molecular weight excluding hydrogens is 193 g/mol. The molecule has 2 nitrogen and oxygen atoms in total. The van der Waals surface area contributed by atoms with Crippen LogP contribution in [0.15, 0.2) is 24.3 Å². The molecule has 15 heavy (non-hydrogen) atoms. The Morgan fingerprint density at radius 2 is 2.07 bits per heavy atom. The highest BCUT2D eigenvalue weighted by atomic mass is 19.1. The molecule has 0 bridgehead atoms. The van der Waals surface area contributed by atoms with Crippen molar-refractivity contribution in [2.24, 2.45) is 0 Å². The molecule has 0 heterocycles. The van der Waals surface area contributed by atoms with Crippen LogP contribution >= 0.6 is 0 Å². The number of benzene rings is 1. The van der Waals surface area contributed by atoms with Crippen molar-refractivity contribution in [3.05, 3.63) is 29.8 Å². The fourth-order valence-corrected chi connectivity index (χ4v) is 1.13. The average Bonchev–Trinajstić information content (AvgIpc) is 2.16. The molecule has 0 saturated carbocycles. The average molecular weight is 207 g/mol. The van der Waals surface area contributed by atoms with Crippen LogP contribution in [0.1, 0.15) is 19.4 Å². The Balaban J connectivity index is 2.72. The first-order chi connectivity index (χ1) is 7.03. The Hall–Kier alpha value is -1.56. The fourth-order valence-electron chi connectivity index (χ4n) is 1.13. The molecule has 0 unspecified atom stereocenters. The van der Waals surface area contributed by atoms with E-state index in [9.17, 15) is 4.39 Å². The van der Waals surface area contributed by atoms with Crippen LogP contribution in [0.4, 0.5) is 4.39 Å². The van der Waals surface area contributed by atoms with Gasteiger partial charge in [-0.3, -0.25) is 0 Å². The molecule has 0 radical (unpaired) electrons. The normalized spacial score (nSPS) is 10.8. The molecule has 0 fully saturated rings. The zero-order chi connectivity index (χ0) is 11.3. The van der Waals surface area contributed by atoms with Gasteiger partial charge < -0.3 is 4.74 Å². The maximum atomic E-state index is 13.2. The number of ether oxygens (including phenoxy) is 1. The highest BCUT2D eigenvalue weighted by molar-refractivity contribution is 5.35. The van der Waals surface area contributed by atoms with E-state index < -0.39 is 5.67 Å². The van der Waals surface area contributed by atoms with E-state index in [4.69, 9.17) is 10.00 Å². The summed E-state index contributed by atoms with van der Waals surface area (Å²) in [5.41, 5.74) is -0.566. The summed E-state index contributed by atoms with van der Waals surface area (Å²) >= 11 is 0. The molecular formula is C12H14FNO. The number of nitrogens with zero attached hydrogens (tertiary/aromatic N) is 1. The summed E-state index contributed by atoms with van der Waals surface area (Å²) < 4.78 is 18.5. The lowest BCUT2D eigenvalue weighted by molar-refractivity contribution is 0.120. The monoisotopic (exact) mass is 207 g/mol. The van der Waals surface area contributed by atoms with Gasteiger partial charge >= 0.3 is 0 Å². The van der Waals surface area contributed by atoms with Gasteiger partial charge in [-0.1, -0.05) is 18.2 Å². The molecule has 0 aliphatic heterocycles. The van der Waals surface area contributed by atoms with Gasteiger partial charge in [0, 0.05) is 5.56 Å². The van der Waals surface area contributed by atoms with E-state index in [0.717, 1.165) is 5.56 Å². The van der Waals surface area contributed by atoms with Crippen molar-refractivity contribution in [1.82, 2.24) is 0 Å². The minimum absolute atomic E-state index is 0.00452. The molecule has 1 rings (SSSR count). The maximum Gasteiger partial charge on any atom is 0.139 e. The number of alkyl halides is 1. The van der Waals surface area contributed by atoms with Gasteiger partial charge in [0.15, 0.2) is 0 Å². The summed E-state index contributed by atoms with van der Waals surface area (Å²) in [7, 11) is 0. The predicted molar refractivity (Wildman–Crippen MR) is 56.4 cm³/mol. The van der Waals surface area contributed by atoms with Crippen molar-refractivity contribution in [1.29, 1.82) is 5.26 Å². The molecule has 0 N–H and O–H groups in total. The van der Waals surface area contributed by atoms with Crippen molar-refractivity contribution in [2.45, 2.75) is 25.9 Å². The second-order valence-corrected chi connectivity index (χ2v) is 3.95. The Morgan fingerprint density at radius 1 is 1.40 bits per heavy atom. The van der Waals surface area contributed by atoms with Crippen molar-refractivity contribution >= 4 is 0 Å². The SMILES string of the molecule is CC(C)(F)COc1ccccc1CC#N. The Bertz CT molecular complexity index is 363. The van der Waals surface area contributed by atoms with Crippen LogP contribution in [0.3, 0.4) is 0 Å². The van der Waals surface area contributed by atoms with E-state index in [1.54, 1.807) is 12.1 Å². The molecule has 0 spiro atoms. The number of para-hydroxylation sites is 1. The summed E-state index contributed by atoms with van der Waals surface area (Å²) in [5.74, 6) is 0.588. The first kappa shape index (κ1) is 11.5. The third-order valence-electron chi connectivity index (χ3n) is 1.81. The van der Waals surface area contributed by atoms with Crippen molar-refractivity contribution < 1.29 is 9.13 Å². The van der Waals surface area contributed by atoms with Crippen molar-refractivity contribution in [2.75, 3.05) is 6.61 Å². The predicted octanol–water partition coefficient (Wildman–Crippen LogP) is 2.88. The van der Waals surface area contributed by atoms with Crippen LogP contribution in [-0.4, -0.2) is 12.3 Å². The quantitative estimate of drug-likeness (QED) is 0.760. The second kappa shape index (κ2) is 4.79. The van der Waals surface area contributed by atoms with Crippen LogP contribution in [0, 0.1) is 11.3 Å². The first-order valence-electron chi connectivity index (χ1n) is 4.79. The van der Waals surface area contributed by atoms with Gasteiger partial charge in [-0.05, 0) is 19.9 Å². The number of hydrogen-bond acceptors (Lipinski definition) is 2. The third-order valence-corrected chi connectivity index (χ3v) is 1.81. The molecule has 0 amide bonds. The molecule has 0 aliphatic rings. The number of halogens is 1. The lowest BCUT2D eigenvalue weighted by atomic mass is 10.1. The van der Waals surface area contributed by atoms with Crippen LogP contribution in [0.5, 0.6) is 5.75 Å². The zero-order valence-corrected chi connectivity index (χ0v) is 8.96. The van der Waals surface area contributed by atoms with Crippen LogP contribution < -0.4 is 4.74 Å². The Kier molecular flexibility index (Phi) is 3.68. The van der Waals surface area contributed by atoms with Gasteiger partial charge in [-0.15, -0.1) is 0 Å². The third kappa shape index (κ3) is 3.99. The molecule has 1 aromatic carbocycles. The van der Waals surface area contributed by atoms with Crippen LogP contribution in [0.25, 0.3) is 0 Å². The second-order valence-electron chi connectivity index (χ2n) is 3.95. The molecule has 0 atom stereocenters. The minimum Gasteiger partial charge on any atom is -0.490 e. The molecule has 3 heteroatoms. The molecule has 1 aromatic rings. The summed E-state index contributed by atoms with van der Waals surface area (Å²) in [6, 6.07) is 9.25. The molecule has 0 aliphatic carbocycles. The number of hydrogen-bond donors (Lipinski definition) is 0. The minimum atomic E-state index is -1.36. The van der Waals surface area contributed by atoms with E-state index in [1.165, 1.54) is 13.8 Å². The number of nitriles is 1. The largest absolute Gasteiger partial charge is 0.490 e. The highest BCUT2D eigenvalue weighted by Crippen LogP contribution is 2.20.